The molecule has 0 N–H and O–H groups in total. The van der Waals surface area contributed by atoms with Crippen LogP contribution in [-0.4, -0.2) is 36.8 Å². The first-order chi connectivity index (χ1) is 12.2. The minimum Gasteiger partial charge on any atom is -0.329 e. The molecule has 140 valence electrons. The second kappa shape index (κ2) is 7.03. The zero-order valence-electron chi connectivity index (χ0n) is 13.6. The van der Waals surface area contributed by atoms with Crippen molar-refractivity contribution in [1.29, 1.82) is 0 Å². The molecule has 2 aromatic rings. The molecule has 1 amide bonds. The largest absolute Gasteiger partial charge is 0.416 e. The fraction of sp³-hybridized carbons (Fsp3) is 0.353. The zero-order valence-corrected chi connectivity index (χ0v) is 15.2. The van der Waals surface area contributed by atoms with E-state index in [2.05, 4.69) is 0 Å². The number of halogens is 3. The van der Waals surface area contributed by atoms with Gasteiger partial charge in [0.05, 0.1) is 23.6 Å². The van der Waals surface area contributed by atoms with Crippen molar-refractivity contribution in [3.05, 3.63) is 57.8 Å². The second-order valence-corrected chi connectivity index (χ2v) is 9.41. The van der Waals surface area contributed by atoms with Crippen LogP contribution in [0.3, 0.4) is 0 Å². The van der Waals surface area contributed by atoms with E-state index in [4.69, 9.17) is 0 Å². The van der Waals surface area contributed by atoms with E-state index in [0.717, 1.165) is 29.1 Å². The van der Waals surface area contributed by atoms with Crippen LogP contribution >= 0.6 is 11.3 Å². The number of hydrogen-bond acceptors (Lipinski definition) is 4. The van der Waals surface area contributed by atoms with Gasteiger partial charge in [-0.05, 0) is 42.1 Å². The van der Waals surface area contributed by atoms with Gasteiger partial charge in [0, 0.05) is 16.5 Å². The minimum atomic E-state index is -4.47. The lowest BCUT2D eigenvalue weighted by Crippen LogP contribution is -2.40. The van der Waals surface area contributed by atoms with E-state index in [-0.39, 0.29) is 23.6 Å². The number of carbonyl (C=O) groups is 1. The monoisotopic (exact) mass is 403 g/mol. The van der Waals surface area contributed by atoms with Crippen molar-refractivity contribution in [1.82, 2.24) is 4.90 Å². The molecule has 4 nitrogen and oxygen atoms in total. The lowest BCUT2D eigenvalue weighted by molar-refractivity contribution is -0.137. The van der Waals surface area contributed by atoms with E-state index in [9.17, 15) is 26.4 Å². The molecule has 9 heteroatoms. The van der Waals surface area contributed by atoms with E-state index >= 15 is 0 Å². The molecule has 1 aromatic heterocycles. The van der Waals surface area contributed by atoms with Crippen LogP contribution in [0, 0.1) is 0 Å². The summed E-state index contributed by atoms with van der Waals surface area (Å²) in [5.74, 6) is -0.571. The fourth-order valence-corrected chi connectivity index (χ4v) is 5.36. The Hall–Kier alpha value is -1.87. The molecule has 1 aliphatic heterocycles. The summed E-state index contributed by atoms with van der Waals surface area (Å²) < 4.78 is 61.7. The predicted molar refractivity (Wildman–Crippen MR) is 92.7 cm³/mol. The smallest absolute Gasteiger partial charge is 0.329 e. The van der Waals surface area contributed by atoms with Crippen molar-refractivity contribution in [3.63, 3.8) is 0 Å². The highest BCUT2D eigenvalue weighted by Crippen LogP contribution is 2.30. The maximum Gasteiger partial charge on any atom is 0.416 e. The summed E-state index contributed by atoms with van der Waals surface area (Å²) in [5, 5.41) is 1.85. The molecule has 1 aliphatic rings. The van der Waals surface area contributed by atoms with E-state index in [1.54, 1.807) is 0 Å². The third kappa shape index (κ3) is 4.27. The first-order valence-electron chi connectivity index (χ1n) is 7.87. The third-order valence-corrected chi connectivity index (χ3v) is 6.89. The van der Waals surface area contributed by atoms with Crippen LogP contribution in [0.15, 0.2) is 41.8 Å². The number of nitrogens with zero attached hydrogens (tertiary/aromatic N) is 1. The van der Waals surface area contributed by atoms with Crippen LogP contribution in [-0.2, 0) is 22.6 Å². The molecule has 1 fully saturated rings. The van der Waals surface area contributed by atoms with E-state index < -0.39 is 33.5 Å². The summed E-state index contributed by atoms with van der Waals surface area (Å²) in [7, 11) is -3.20. The molecule has 0 saturated carbocycles. The normalized spacial score (nSPS) is 19.4. The van der Waals surface area contributed by atoms with Crippen molar-refractivity contribution in [2.45, 2.75) is 25.2 Å². The SMILES string of the molecule is O=C(c1ccc(C(F)(F)F)cc1)N(Cc1cccs1)[C@@H]1CCS(=O)(=O)C1. The molecule has 0 spiro atoms. The molecule has 3 rings (SSSR count). The van der Waals surface area contributed by atoms with Gasteiger partial charge in [0.25, 0.3) is 5.91 Å². The molecule has 1 aromatic carbocycles. The summed E-state index contributed by atoms with van der Waals surface area (Å²) in [6.45, 7) is 0.234. The molecular weight excluding hydrogens is 387 g/mol. The lowest BCUT2D eigenvalue weighted by Gasteiger charge is -2.28. The Kier molecular flexibility index (Phi) is 5.12. The molecule has 26 heavy (non-hydrogen) atoms. The number of carbonyl (C=O) groups excluding carboxylic acids is 1. The maximum absolute atomic E-state index is 12.9. The molecule has 0 radical (unpaired) electrons. The Morgan fingerprint density at radius 1 is 1.19 bits per heavy atom. The van der Waals surface area contributed by atoms with E-state index in [0.29, 0.717) is 6.42 Å². The summed E-state index contributed by atoms with van der Waals surface area (Å²) in [5.41, 5.74) is -0.721. The second-order valence-electron chi connectivity index (χ2n) is 6.14. The van der Waals surface area contributed by atoms with Gasteiger partial charge < -0.3 is 4.90 Å². The molecule has 0 unspecified atom stereocenters. The summed E-state index contributed by atoms with van der Waals surface area (Å²) in [4.78, 5) is 15.2. The van der Waals surface area contributed by atoms with Crippen LogP contribution in [0.5, 0.6) is 0 Å². The van der Waals surface area contributed by atoms with Gasteiger partial charge in [-0.15, -0.1) is 11.3 Å². The van der Waals surface area contributed by atoms with Crippen molar-refractivity contribution in [2.24, 2.45) is 0 Å². The summed E-state index contributed by atoms with van der Waals surface area (Å²) in [6, 6.07) is 7.18. The highest BCUT2D eigenvalue weighted by molar-refractivity contribution is 7.91. The number of amides is 1. The van der Waals surface area contributed by atoms with Gasteiger partial charge >= 0.3 is 6.18 Å². The average molecular weight is 403 g/mol. The molecule has 1 atom stereocenters. The number of hydrogen-bond donors (Lipinski definition) is 0. The Bertz CT molecular complexity index is 875. The molecule has 2 heterocycles. The highest BCUT2D eigenvalue weighted by Gasteiger charge is 2.36. The Labute approximate surface area is 153 Å². The minimum absolute atomic E-state index is 0.0128. The first kappa shape index (κ1) is 18.9. The van der Waals surface area contributed by atoms with Gasteiger partial charge in [0.2, 0.25) is 0 Å². The van der Waals surface area contributed by atoms with Gasteiger partial charge in [-0.3, -0.25) is 4.79 Å². The maximum atomic E-state index is 12.9. The molecule has 0 bridgehead atoms. The van der Waals surface area contributed by atoms with E-state index in [1.807, 2.05) is 17.5 Å². The molecular formula is C17H16F3NO3S2. The lowest BCUT2D eigenvalue weighted by atomic mass is 10.1. The number of rotatable bonds is 4. The van der Waals surface area contributed by atoms with Crippen LogP contribution in [0.25, 0.3) is 0 Å². The van der Waals surface area contributed by atoms with Crippen LogP contribution < -0.4 is 0 Å². The van der Waals surface area contributed by atoms with Gasteiger partial charge in [0.15, 0.2) is 9.84 Å². The van der Waals surface area contributed by atoms with Gasteiger partial charge in [-0.25, -0.2) is 8.42 Å². The van der Waals surface area contributed by atoms with Crippen molar-refractivity contribution < 1.29 is 26.4 Å². The van der Waals surface area contributed by atoms with Crippen LogP contribution in [0.1, 0.15) is 27.2 Å². The molecule has 0 aliphatic carbocycles. The fourth-order valence-electron chi connectivity index (χ4n) is 2.93. The standard InChI is InChI=1S/C17H16F3NO3S2/c18-17(19,20)13-5-3-12(4-6-13)16(22)21(10-15-2-1-8-25-15)14-7-9-26(23,24)11-14/h1-6,8,14H,7,9-11H2/t14-/m1/s1. The van der Waals surface area contributed by atoms with Crippen molar-refractivity contribution >= 4 is 27.1 Å². The first-order valence-corrected chi connectivity index (χ1v) is 10.6. The third-order valence-electron chi connectivity index (χ3n) is 4.28. The Balaban J connectivity index is 1.87. The predicted octanol–water partition coefficient (Wildman–Crippen LogP) is 3.60. The number of sulfone groups is 1. The average Bonchev–Trinajstić information content (AvgIpc) is 3.20. The van der Waals surface area contributed by atoms with Gasteiger partial charge in [-0.1, -0.05) is 6.07 Å². The number of thiophene rings is 1. The van der Waals surface area contributed by atoms with E-state index in [1.165, 1.54) is 16.2 Å². The van der Waals surface area contributed by atoms with Crippen LogP contribution in [0.2, 0.25) is 0 Å². The topological polar surface area (TPSA) is 54.5 Å². The van der Waals surface area contributed by atoms with Gasteiger partial charge in [-0.2, -0.15) is 13.2 Å². The van der Waals surface area contributed by atoms with Crippen molar-refractivity contribution in [2.75, 3.05) is 11.5 Å². The quantitative estimate of drug-likeness (QED) is 0.784. The Morgan fingerprint density at radius 3 is 2.38 bits per heavy atom. The zero-order chi connectivity index (χ0) is 18.9. The Morgan fingerprint density at radius 2 is 1.88 bits per heavy atom. The number of benzene rings is 1. The van der Waals surface area contributed by atoms with Crippen molar-refractivity contribution in [3.8, 4) is 0 Å². The van der Waals surface area contributed by atoms with Crippen LogP contribution in [0.4, 0.5) is 13.2 Å². The highest BCUT2D eigenvalue weighted by atomic mass is 32.2. The molecule has 1 saturated heterocycles. The summed E-state index contributed by atoms with van der Waals surface area (Å²) in [6.07, 6.45) is -4.14. The number of alkyl halides is 3. The summed E-state index contributed by atoms with van der Waals surface area (Å²) >= 11 is 1.44. The van der Waals surface area contributed by atoms with Gasteiger partial charge in [0.1, 0.15) is 0 Å².